The van der Waals surface area contributed by atoms with Gasteiger partial charge in [-0.2, -0.15) is 5.10 Å². The summed E-state index contributed by atoms with van der Waals surface area (Å²) < 4.78 is 0.771. The number of carbonyl (C=O) groups is 1. The maximum Gasteiger partial charge on any atom is 0.361 e. The largest absolute Gasteiger partial charge is 0.476 e. The molecule has 102 valence electrons. The van der Waals surface area contributed by atoms with Crippen molar-refractivity contribution >= 4 is 17.3 Å². The summed E-state index contributed by atoms with van der Waals surface area (Å²) in [5.41, 5.74) is -1.60. The fourth-order valence-electron chi connectivity index (χ4n) is 1.61. The third-order valence-electron chi connectivity index (χ3n) is 2.43. The topological polar surface area (TPSA) is 141 Å². The van der Waals surface area contributed by atoms with Crippen LogP contribution in [0.15, 0.2) is 30.5 Å². The highest BCUT2D eigenvalue weighted by atomic mass is 16.6. The van der Waals surface area contributed by atoms with Gasteiger partial charge in [-0.3, -0.25) is 20.2 Å². The Bertz CT molecular complexity index is 722. The van der Waals surface area contributed by atoms with Crippen LogP contribution in [-0.4, -0.2) is 30.7 Å². The second-order valence-corrected chi connectivity index (χ2v) is 3.63. The molecular weight excluding hydrogens is 272 g/mol. The molecule has 0 aliphatic rings. The van der Waals surface area contributed by atoms with Crippen LogP contribution in [0.4, 0.5) is 11.4 Å². The van der Waals surface area contributed by atoms with Crippen LogP contribution in [0.1, 0.15) is 10.5 Å². The summed E-state index contributed by atoms with van der Waals surface area (Å²) >= 11 is 0. The minimum atomic E-state index is -1.55. The first-order valence-electron chi connectivity index (χ1n) is 5.12. The Hall–Kier alpha value is -3.30. The Labute approximate surface area is 110 Å². The molecule has 1 aromatic carbocycles. The molecule has 1 heterocycles. The van der Waals surface area contributed by atoms with Crippen molar-refractivity contribution in [3.63, 3.8) is 0 Å². The van der Waals surface area contributed by atoms with Crippen LogP contribution in [0.2, 0.25) is 0 Å². The van der Waals surface area contributed by atoms with E-state index in [4.69, 9.17) is 5.11 Å². The van der Waals surface area contributed by atoms with Crippen molar-refractivity contribution in [3.8, 4) is 5.69 Å². The van der Waals surface area contributed by atoms with Gasteiger partial charge in [0, 0.05) is 12.1 Å². The molecule has 0 amide bonds. The van der Waals surface area contributed by atoms with Gasteiger partial charge in [-0.1, -0.05) is 6.07 Å². The van der Waals surface area contributed by atoms with Gasteiger partial charge in [0.2, 0.25) is 5.69 Å². The van der Waals surface area contributed by atoms with Crippen molar-refractivity contribution in [1.29, 1.82) is 0 Å². The van der Waals surface area contributed by atoms with Crippen LogP contribution in [0.3, 0.4) is 0 Å². The van der Waals surface area contributed by atoms with E-state index in [0.717, 1.165) is 16.9 Å². The molecule has 1 N–H and O–H groups in total. The number of non-ortho nitro benzene ring substituents is 1. The summed E-state index contributed by atoms with van der Waals surface area (Å²) in [6.45, 7) is 0. The smallest absolute Gasteiger partial charge is 0.361 e. The molecule has 0 radical (unpaired) electrons. The van der Waals surface area contributed by atoms with Crippen molar-refractivity contribution in [1.82, 2.24) is 9.78 Å². The molecule has 10 nitrogen and oxygen atoms in total. The number of rotatable bonds is 4. The number of nitro groups is 2. The third kappa shape index (κ3) is 2.16. The number of carboxylic acids is 1. The van der Waals surface area contributed by atoms with Gasteiger partial charge < -0.3 is 5.11 Å². The van der Waals surface area contributed by atoms with Gasteiger partial charge in [-0.15, -0.1) is 0 Å². The average Bonchev–Trinajstić information content (AvgIpc) is 2.83. The Morgan fingerprint density at radius 1 is 1.25 bits per heavy atom. The maximum atomic E-state index is 11.1. The number of benzene rings is 1. The minimum Gasteiger partial charge on any atom is -0.476 e. The summed E-state index contributed by atoms with van der Waals surface area (Å²) in [5.74, 6) is -1.55. The van der Waals surface area contributed by atoms with Crippen LogP contribution in [0.5, 0.6) is 0 Å². The maximum absolute atomic E-state index is 11.1. The third-order valence-corrected chi connectivity index (χ3v) is 2.43. The van der Waals surface area contributed by atoms with Crippen LogP contribution in [0.25, 0.3) is 5.69 Å². The first-order valence-corrected chi connectivity index (χ1v) is 5.12. The number of hydrogen-bond donors (Lipinski definition) is 1. The second kappa shape index (κ2) is 4.76. The zero-order valence-corrected chi connectivity index (χ0v) is 9.66. The fraction of sp³-hybridized carbons (Fsp3) is 0. The van der Waals surface area contributed by atoms with Crippen molar-refractivity contribution in [2.24, 2.45) is 0 Å². The number of nitro benzene ring substituents is 1. The number of aromatic nitrogens is 2. The molecular formula is C10H6N4O6. The molecule has 2 rings (SSSR count). The van der Waals surface area contributed by atoms with Gasteiger partial charge in [0.25, 0.3) is 5.69 Å². The molecule has 0 bridgehead atoms. The number of hydrogen-bond acceptors (Lipinski definition) is 6. The van der Waals surface area contributed by atoms with Gasteiger partial charge >= 0.3 is 11.7 Å². The lowest BCUT2D eigenvalue weighted by atomic mass is 10.2. The van der Waals surface area contributed by atoms with Gasteiger partial charge in [0.1, 0.15) is 6.20 Å². The molecule has 2 aromatic rings. The molecule has 0 saturated heterocycles. The molecule has 20 heavy (non-hydrogen) atoms. The first-order chi connectivity index (χ1) is 9.41. The van der Waals surface area contributed by atoms with Crippen LogP contribution < -0.4 is 0 Å². The molecule has 1 aromatic heterocycles. The Kier molecular flexibility index (Phi) is 3.13. The van der Waals surface area contributed by atoms with Gasteiger partial charge in [-0.25, -0.2) is 9.48 Å². The highest BCUT2D eigenvalue weighted by Gasteiger charge is 2.27. The molecule has 0 unspecified atom stereocenters. The SMILES string of the molecule is O=C(O)c1c([N+](=O)[O-])cnn1-c1cccc([N+](=O)[O-])c1. The first kappa shape index (κ1) is 13.1. The highest BCUT2D eigenvalue weighted by molar-refractivity contribution is 5.91. The van der Waals surface area contributed by atoms with E-state index in [1.165, 1.54) is 18.2 Å². The summed E-state index contributed by atoms with van der Waals surface area (Å²) in [6, 6.07) is 4.97. The monoisotopic (exact) mass is 278 g/mol. The average molecular weight is 278 g/mol. The van der Waals surface area contributed by atoms with Crippen LogP contribution in [0, 0.1) is 20.2 Å². The highest BCUT2D eigenvalue weighted by Crippen LogP contribution is 2.23. The standard InChI is InChI=1S/C10H6N4O6/c15-10(16)9-8(14(19)20)5-11-12(9)6-2-1-3-7(4-6)13(17)18/h1-5H,(H,15,16). The van der Waals surface area contributed by atoms with E-state index in [-0.39, 0.29) is 11.4 Å². The lowest BCUT2D eigenvalue weighted by Crippen LogP contribution is -2.10. The van der Waals surface area contributed by atoms with Gasteiger partial charge in [0.05, 0.1) is 15.5 Å². The van der Waals surface area contributed by atoms with E-state index in [9.17, 15) is 25.0 Å². The van der Waals surface area contributed by atoms with E-state index >= 15 is 0 Å². The predicted molar refractivity (Wildman–Crippen MR) is 63.8 cm³/mol. The summed E-state index contributed by atoms with van der Waals surface area (Å²) in [4.78, 5) is 30.9. The van der Waals surface area contributed by atoms with Crippen molar-refractivity contribution in [3.05, 3.63) is 56.4 Å². The van der Waals surface area contributed by atoms with Gasteiger partial charge in [-0.05, 0) is 6.07 Å². The Morgan fingerprint density at radius 3 is 2.50 bits per heavy atom. The fourth-order valence-corrected chi connectivity index (χ4v) is 1.61. The van der Waals surface area contributed by atoms with Crippen molar-refractivity contribution < 1.29 is 19.7 Å². The minimum absolute atomic E-state index is 0.0460. The normalized spacial score (nSPS) is 10.2. The molecule has 0 spiro atoms. The molecule has 0 saturated carbocycles. The van der Waals surface area contributed by atoms with Crippen molar-refractivity contribution in [2.75, 3.05) is 0 Å². The lowest BCUT2D eigenvalue weighted by molar-refractivity contribution is -0.385. The summed E-state index contributed by atoms with van der Waals surface area (Å²) in [7, 11) is 0. The van der Waals surface area contributed by atoms with Crippen LogP contribution in [-0.2, 0) is 0 Å². The number of carboxylic acid groups (broad SMARTS) is 1. The van der Waals surface area contributed by atoms with E-state index in [0.29, 0.717) is 0 Å². The quantitative estimate of drug-likeness (QED) is 0.657. The zero-order valence-electron chi connectivity index (χ0n) is 9.66. The van der Waals surface area contributed by atoms with E-state index < -0.39 is 27.2 Å². The van der Waals surface area contributed by atoms with Crippen molar-refractivity contribution in [2.45, 2.75) is 0 Å². The Morgan fingerprint density at radius 2 is 1.95 bits per heavy atom. The summed E-state index contributed by atoms with van der Waals surface area (Å²) in [6.07, 6.45) is 0.780. The number of nitrogens with zero attached hydrogens (tertiary/aromatic N) is 4. The molecule has 0 aliphatic carbocycles. The van der Waals surface area contributed by atoms with Gasteiger partial charge in [0.15, 0.2) is 0 Å². The Balaban J connectivity index is 2.64. The molecule has 0 fully saturated rings. The summed E-state index contributed by atoms with van der Waals surface area (Å²) in [5, 5.41) is 34.0. The predicted octanol–water partition coefficient (Wildman–Crippen LogP) is 1.39. The van der Waals surface area contributed by atoms with E-state index in [1.54, 1.807) is 0 Å². The zero-order chi connectivity index (χ0) is 14.9. The van der Waals surface area contributed by atoms with Crippen LogP contribution >= 0.6 is 0 Å². The molecule has 10 heteroatoms. The lowest BCUT2D eigenvalue weighted by Gasteiger charge is -2.03. The second-order valence-electron chi connectivity index (χ2n) is 3.63. The number of aromatic carboxylic acids is 1. The van der Waals surface area contributed by atoms with E-state index in [2.05, 4.69) is 5.10 Å². The van der Waals surface area contributed by atoms with E-state index in [1.807, 2.05) is 0 Å². The molecule has 0 aliphatic heterocycles. The molecule has 0 atom stereocenters.